The number of fused-ring (bicyclic) bond motifs is 7. The number of aliphatic hydroxyl groups excluding tert-OH is 12. The fraction of sp³-hybridized carbons (Fsp3) is 0.923. The van der Waals surface area contributed by atoms with E-state index in [9.17, 15) is 61.3 Å². The highest BCUT2D eigenvalue weighted by Crippen LogP contribution is 2.70. The molecule has 424 valence electrons. The Hall–Kier alpha value is -1.56. The van der Waals surface area contributed by atoms with Gasteiger partial charge in [0.2, 0.25) is 0 Å². The second kappa shape index (κ2) is 22.2. The van der Waals surface area contributed by atoms with Crippen LogP contribution in [0.5, 0.6) is 0 Å². The van der Waals surface area contributed by atoms with Crippen LogP contribution in [-0.2, 0) is 47.4 Å². The maximum absolute atomic E-state index is 12.1. The lowest BCUT2D eigenvalue weighted by atomic mass is 9.46. The fourth-order valence-electron chi connectivity index (χ4n) is 14.8. The quantitative estimate of drug-likeness (QED) is 0.0890. The van der Waals surface area contributed by atoms with Crippen LogP contribution >= 0.6 is 0 Å². The molecule has 9 aliphatic rings. The van der Waals surface area contributed by atoms with Gasteiger partial charge in [0.1, 0.15) is 103 Å². The van der Waals surface area contributed by atoms with E-state index in [4.69, 9.17) is 47.4 Å². The first kappa shape index (κ1) is 57.1. The van der Waals surface area contributed by atoms with Crippen molar-refractivity contribution in [2.45, 2.75) is 234 Å². The first-order valence-electron chi connectivity index (χ1n) is 26.8. The molecule has 0 aromatic rings. The number of ether oxygens (including phenoxy) is 10. The molecule has 5 saturated heterocycles. The monoisotopic (exact) mass is 1060 g/mol. The number of hydrogen-bond donors (Lipinski definition) is 12. The first-order valence-corrected chi connectivity index (χ1v) is 26.8. The Balaban J connectivity index is 0.869. The number of hydrogen-bond acceptors (Lipinski definition) is 22. The molecule has 5 heterocycles. The molecule has 3 saturated carbocycles. The highest BCUT2D eigenvalue weighted by Gasteiger charge is 2.69. The van der Waals surface area contributed by atoms with E-state index < -0.39 is 148 Å². The highest BCUT2D eigenvalue weighted by atomic mass is 16.8. The topological polar surface area (TPSA) is 335 Å². The molecule has 0 amide bonds. The van der Waals surface area contributed by atoms with E-state index in [1.807, 2.05) is 6.92 Å². The summed E-state index contributed by atoms with van der Waals surface area (Å²) in [6.45, 7) is 10.8. The van der Waals surface area contributed by atoms with E-state index in [1.54, 1.807) is 7.11 Å². The Kier molecular flexibility index (Phi) is 17.1. The molecule has 0 bridgehead atoms. The van der Waals surface area contributed by atoms with E-state index >= 15 is 0 Å². The van der Waals surface area contributed by atoms with E-state index in [2.05, 4.69) is 32.9 Å². The van der Waals surface area contributed by atoms with Gasteiger partial charge >= 0.3 is 0 Å². The van der Waals surface area contributed by atoms with Gasteiger partial charge in [0.15, 0.2) is 25.2 Å². The van der Waals surface area contributed by atoms with Gasteiger partial charge < -0.3 is 109 Å². The summed E-state index contributed by atoms with van der Waals surface area (Å²) in [5, 5.41) is 127. The standard InChI is InChI=1S/C52H84O22/c1-21(20-66-46-39(61)38(60)35(57)30(18-53)71-46)8-11-32-52(6,65-7)45-29(70-32)17-28-26-10-9-24-16-25(12-14-50(24,4)27(26)13-15-51(28,45)5)69-49-44(74-48-41(63)37(59)34(56)23(3)68-48)42(64)43(31(19-54)72-49)73-47-40(62)36(58)33(55)22(2)67-47/h9,11,21-23,25-31,33-49,53-64H,8,10,12-20H2,1-7H3/b32-11-/t21-,22+,23+,25+,26-,27+,28+,29+,30-,31-,33+,34+,35-,36-,37-,38+,39-,40-,41-,42+,43-,44-,45+,46-,47+,48+,49-,50+,51+,52-/m1/s1. The van der Waals surface area contributed by atoms with Gasteiger partial charge in [-0.15, -0.1) is 0 Å². The molecule has 0 aromatic heterocycles. The Morgan fingerprint density at radius 3 is 1.88 bits per heavy atom. The van der Waals surface area contributed by atoms with Gasteiger partial charge in [-0.3, -0.25) is 0 Å². The van der Waals surface area contributed by atoms with Gasteiger partial charge in [-0.1, -0.05) is 32.4 Å². The number of aliphatic hydroxyl groups is 12. The molecule has 0 radical (unpaired) electrons. The molecular formula is C52H84O22. The van der Waals surface area contributed by atoms with Crippen LogP contribution in [0.1, 0.15) is 92.9 Å². The predicted molar refractivity (Wildman–Crippen MR) is 254 cm³/mol. The van der Waals surface area contributed by atoms with Crippen LogP contribution in [0.15, 0.2) is 23.5 Å². The molecule has 22 heteroatoms. The van der Waals surface area contributed by atoms with Gasteiger partial charge in [-0.05, 0) is 113 Å². The zero-order chi connectivity index (χ0) is 53.5. The SMILES string of the molecule is CO[C@]1(C)/C(=C/C[C@@H](C)CO[C@@H]2O[C@H](CO)[C@@H](O)[C@H](O)[C@H]2O)O[C@H]2C[C@H]3[C@@H]4CC=C5C[C@@H](O[C@@H]6O[C@H](CO)[C@@H](O[C@@H]7O[C@@H](C)[C@H](O)[C@@H](O)[C@H]7O)[C@H](O)[C@H]6O[C@@H]6O[C@@H](C)[C@H](O)[C@@H](O)[C@H]6O)CC[C@]5(C)[C@H]4CC[C@]3(C)[C@H]21. The van der Waals surface area contributed by atoms with Crippen molar-refractivity contribution >= 4 is 0 Å². The minimum Gasteiger partial charge on any atom is -0.492 e. The van der Waals surface area contributed by atoms with Crippen molar-refractivity contribution < 1.29 is 109 Å². The van der Waals surface area contributed by atoms with Crippen LogP contribution in [0.4, 0.5) is 0 Å². The summed E-state index contributed by atoms with van der Waals surface area (Å²) in [7, 11) is 1.74. The second-order valence-corrected chi connectivity index (χ2v) is 23.7. The van der Waals surface area contributed by atoms with E-state index in [0.717, 1.165) is 37.9 Å². The molecule has 8 fully saturated rings. The summed E-state index contributed by atoms with van der Waals surface area (Å²) in [6, 6.07) is 0. The molecule has 30 atom stereocenters. The third kappa shape index (κ3) is 9.98. The molecule has 4 aliphatic carbocycles. The summed E-state index contributed by atoms with van der Waals surface area (Å²) in [4.78, 5) is 0. The highest BCUT2D eigenvalue weighted by molar-refractivity contribution is 5.30. The van der Waals surface area contributed by atoms with Gasteiger partial charge in [-0.25, -0.2) is 0 Å². The van der Waals surface area contributed by atoms with Gasteiger partial charge in [0.25, 0.3) is 0 Å². The lowest BCUT2D eigenvalue weighted by Gasteiger charge is -2.59. The van der Waals surface area contributed by atoms with Gasteiger partial charge in [0, 0.05) is 13.0 Å². The largest absolute Gasteiger partial charge is 0.492 e. The van der Waals surface area contributed by atoms with E-state index in [-0.39, 0.29) is 35.4 Å². The predicted octanol–water partition coefficient (Wildman–Crippen LogP) is -1.41. The van der Waals surface area contributed by atoms with E-state index in [0.29, 0.717) is 37.0 Å². The average molecular weight is 1060 g/mol. The van der Waals surface area contributed by atoms with Crippen LogP contribution in [-0.4, -0.2) is 229 Å². The maximum Gasteiger partial charge on any atom is 0.187 e. The van der Waals surface area contributed by atoms with Crippen molar-refractivity contribution in [1.82, 2.24) is 0 Å². The summed E-state index contributed by atoms with van der Waals surface area (Å²) < 4.78 is 61.4. The molecule has 12 N–H and O–H groups in total. The second-order valence-electron chi connectivity index (χ2n) is 23.7. The fourth-order valence-corrected chi connectivity index (χ4v) is 14.8. The molecule has 74 heavy (non-hydrogen) atoms. The smallest absolute Gasteiger partial charge is 0.187 e. The maximum atomic E-state index is 12.1. The molecule has 5 aliphatic heterocycles. The Morgan fingerprint density at radius 1 is 0.662 bits per heavy atom. The van der Waals surface area contributed by atoms with Gasteiger partial charge in [-0.2, -0.15) is 0 Å². The van der Waals surface area contributed by atoms with Crippen molar-refractivity contribution in [3.63, 3.8) is 0 Å². The zero-order valence-electron chi connectivity index (χ0n) is 43.5. The van der Waals surface area contributed by atoms with Crippen LogP contribution < -0.4 is 0 Å². The number of rotatable bonds is 14. The molecule has 0 spiro atoms. The first-order chi connectivity index (χ1) is 35.0. The van der Waals surface area contributed by atoms with Crippen molar-refractivity contribution in [2.24, 2.45) is 40.4 Å². The minimum atomic E-state index is -1.75. The number of allylic oxidation sites excluding steroid dienone is 2. The molecule has 22 nitrogen and oxygen atoms in total. The summed E-state index contributed by atoms with van der Waals surface area (Å²) in [6.07, 6.45) is -18.5. The van der Waals surface area contributed by atoms with Gasteiger partial charge in [0.05, 0.1) is 38.1 Å². The lowest BCUT2D eigenvalue weighted by Crippen LogP contribution is -2.66. The third-order valence-corrected chi connectivity index (χ3v) is 19.3. The molecule has 9 rings (SSSR count). The van der Waals surface area contributed by atoms with Crippen molar-refractivity contribution in [2.75, 3.05) is 26.9 Å². The lowest BCUT2D eigenvalue weighted by molar-refractivity contribution is -0.388. The summed E-state index contributed by atoms with van der Waals surface area (Å²) in [5.41, 5.74) is 0.382. The van der Waals surface area contributed by atoms with Crippen LogP contribution in [0, 0.1) is 40.4 Å². The molecular weight excluding hydrogens is 977 g/mol. The van der Waals surface area contributed by atoms with Crippen LogP contribution in [0.25, 0.3) is 0 Å². The summed E-state index contributed by atoms with van der Waals surface area (Å²) in [5.74, 6) is 2.02. The number of methoxy groups -OCH3 is 1. The normalized spacial score (nSPS) is 54.4. The Morgan fingerprint density at radius 2 is 1.26 bits per heavy atom. The van der Waals surface area contributed by atoms with E-state index in [1.165, 1.54) is 19.4 Å². The van der Waals surface area contributed by atoms with Crippen molar-refractivity contribution in [3.05, 3.63) is 23.5 Å². The molecule has 0 aromatic carbocycles. The molecule has 0 unspecified atom stereocenters. The Labute approximate surface area is 432 Å². The summed E-state index contributed by atoms with van der Waals surface area (Å²) >= 11 is 0. The van der Waals surface area contributed by atoms with Crippen molar-refractivity contribution in [3.8, 4) is 0 Å². The minimum absolute atomic E-state index is 0.0422. The average Bonchev–Trinajstić information content (AvgIpc) is 3.85. The zero-order valence-corrected chi connectivity index (χ0v) is 43.5. The van der Waals surface area contributed by atoms with Crippen LogP contribution in [0.3, 0.4) is 0 Å². The Bertz CT molecular complexity index is 1980. The van der Waals surface area contributed by atoms with Crippen LogP contribution in [0.2, 0.25) is 0 Å². The van der Waals surface area contributed by atoms with Crippen molar-refractivity contribution in [1.29, 1.82) is 0 Å². The third-order valence-electron chi connectivity index (χ3n) is 19.3.